The normalized spacial score (nSPS) is 10.5. The highest BCUT2D eigenvalue weighted by Crippen LogP contribution is 2.23. The van der Waals surface area contributed by atoms with Gasteiger partial charge in [0.25, 0.3) is 5.91 Å². The third kappa shape index (κ3) is 7.69. The third-order valence-electron chi connectivity index (χ3n) is 4.93. The van der Waals surface area contributed by atoms with Crippen molar-refractivity contribution in [3.05, 3.63) is 83.4 Å². The van der Waals surface area contributed by atoms with Crippen molar-refractivity contribution >= 4 is 35.3 Å². The second-order valence-electron chi connectivity index (χ2n) is 7.81. The maximum atomic E-state index is 12.2. The highest BCUT2D eigenvalue weighted by Gasteiger charge is 2.15. The molecule has 186 valence electrons. The van der Waals surface area contributed by atoms with Crippen LogP contribution < -0.4 is 25.5 Å². The van der Waals surface area contributed by atoms with Gasteiger partial charge < -0.3 is 20.1 Å². The van der Waals surface area contributed by atoms with E-state index >= 15 is 0 Å². The number of carbonyl (C=O) groups excluding carboxylic acids is 3. The van der Waals surface area contributed by atoms with Crippen molar-refractivity contribution in [1.82, 2.24) is 5.43 Å². The van der Waals surface area contributed by atoms with Gasteiger partial charge in [0, 0.05) is 5.69 Å². The number of benzene rings is 3. The minimum Gasteiger partial charge on any atom is -0.492 e. The number of ether oxygens (including phenoxy) is 2. The van der Waals surface area contributed by atoms with E-state index in [1.54, 1.807) is 48.5 Å². The molecule has 0 bridgehead atoms. The number of hydrogen-bond donors (Lipinski definition) is 3. The molecule has 0 atom stereocenters. The van der Waals surface area contributed by atoms with Gasteiger partial charge in [0.1, 0.15) is 11.5 Å². The highest BCUT2D eigenvalue weighted by molar-refractivity contribution is 6.39. The summed E-state index contributed by atoms with van der Waals surface area (Å²) in [6.07, 6.45) is 1.38. The largest absolute Gasteiger partial charge is 0.492 e. The number of rotatable bonds is 9. The zero-order valence-corrected chi connectivity index (χ0v) is 20.3. The lowest BCUT2D eigenvalue weighted by atomic mass is 10.1. The number of anilines is 2. The molecule has 3 N–H and O–H groups in total. The first-order valence-corrected chi connectivity index (χ1v) is 11.3. The smallest absolute Gasteiger partial charge is 0.329 e. The van der Waals surface area contributed by atoms with E-state index in [4.69, 9.17) is 9.47 Å². The van der Waals surface area contributed by atoms with E-state index < -0.39 is 11.8 Å². The maximum absolute atomic E-state index is 12.2. The number of para-hydroxylation sites is 2. The number of nitrogens with zero attached hydrogens (tertiary/aromatic N) is 1. The van der Waals surface area contributed by atoms with Gasteiger partial charge >= 0.3 is 11.8 Å². The van der Waals surface area contributed by atoms with Crippen molar-refractivity contribution < 1.29 is 23.9 Å². The van der Waals surface area contributed by atoms with E-state index in [9.17, 15) is 14.4 Å². The van der Waals surface area contributed by atoms with E-state index in [0.717, 1.165) is 16.8 Å². The van der Waals surface area contributed by atoms with Gasteiger partial charge in [-0.25, -0.2) is 5.43 Å². The van der Waals surface area contributed by atoms with Gasteiger partial charge in [-0.15, -0.1) is 0 Å². The number of hydrazone groups is 1. The minimum absolute atomic E-state index is 0.141. The summed E-state index contributed by atoms with van der Waals surface area (Å²) in [7, 11) is 0. The summed E-state index contributed by atoms with van der Waals surface area (Å²) in [6, 6.07) is 19.3. The zero-order chi connectivity index (χ0) is 25.9. The summed E-state index contributed by atoms with van der Waals surface area (Å²) >= 11 is 0. The summed E-state index contributed by atoms with van der Waals surface area (Å²) in [4.78, 5) is 36.4. The summed E-state index contributed by atoms with van der Waals surface area (Å²) in [6.45, 7) is 6.03. The van der Waals surface area contributed by atoms with Gasteiger partial charge in [-0.2, -0.15) is 5.10 Å². The molecule has 3 amide bonds. The molecule has 0 aliphatic rings. The first kappa shape index (κ1) is 26.0. The Kier molecular flexibility index (Phi) is 9.16. The number of aryl methyl sites for hydroxylation is 2. The molecule has 0 saturated carbocycles. The Bertz CT molecular complexity index is 1260. The van der Waals surface area contributed by atoms with Gasteiger partial charge in [0.15, 0.2) is 6.61 Å². The molecule has 9 nitrogen and oxygen atoms in total. The number of carbonyl (C=O) groups is 3. The Balaban J connectivity index is 1.45. The monoisotopic (exact) mass is 488 g/mol. The SMILES string of the molecule is CCOc1ccccc1NC(=O)C(=O)N/N=C\c1ccc(OCC(=O)Nc2ccc(C)cc2C)cc1. The molecule has 9 heteroatoms. The van der Waals surface area contributed by atoms with Crippen LogP contribution in [0.2, 0.25) is 0 Å². The van der Waals surface area contributed by atoms with Crippen LogP contribution in [0.4, 0.5) is 11.4 Å². The van der Waals surface area contributed by atoms with Crippen LogP contribution in [0.25, 0.3) is 0 Å². The molecule has 0 aliphatic heterocycles. The molecular weight excluding hydrogens is 460 g/mol. The molecular formula is C27H28N4O5. The quantitative estimate of drug-likeness (QED) is 0.241. The van der Waals surface area contributed by atoms with E-state index in [-0.39, 0.29) is 12.5 Å². The first-order valence-electron chi connectivity index (χ1n) is 11.3. The number of hydrogen-bond acceptors (Lipinski definition) is 6. The van der Waals surface area contributed by atoms with Gasteiger partial charge in [0.2, 0.25) is 0 Å². The fourth-order valence-corrected chi connectivity index (χ4v) is 3.19. The molecule has 0 heterocycles. The maximum Gasteiger partial charge on any atom is 0.329 e. The number of nitrogens with one attached hydrogen (secondary N) is 3. The molecule has 0 aromatic heterocycles. The molecule has 0 fully saturated rings. The van der Waals surface area contributed by atoms with Crippen molar-refractivity contribution in [2.75, 3.05) is 23.8 Å². The molecule has 3 rings (SSSR count). The fraction of sp³-hybridized carbons (Fsp3) is 0.185. The van der Waals surface area contributed by atoms with Crippen LogP contribution in [0.3, 0.4) is 0 Å². The summed E-state index contributed by atoms with van der Waals surface area (Å²) in [5, 5.41) is 9.13. The van der Waals surface area contributed by atoms with Gasteiger partial charge in [-0.05, 0) is 74.4 Å². The highest BCUT2D eigenvalue weighted by atomic mass is 16.5. The van der Waals surface area contributed by atoms with E-state index in [1.807, 2.05) is 39.0 Å². The second kappa shape index (κ2) is 12.7. The average Bonchev–Trinajstić information content (AvgIpc) is 2.86. The minimum atomic E-state index is -0.924. The molecule has 3 aromatic rings. The lowest BCUT2D eigenvalue weighted by Crippen LogP contribution is -2.32. The topological polar surface area (TPSA) is 118 Å². The van der Waals surface area contributed by atoms with Crippen LogP contribution >= 0.6 is 0 Å². The van der Waals surface area contributed by atoms with E-state index in [0.29, 0.717) is 29.4 Å². The zero-order valence-electron chi connectivity index (χ0n) is 20.3. The Morgan fingerprint density at radius 1 is 0.861 bits per heavy atom. The van der Waals surface area contributed by atoms with Crippen LogP contribution in [-0.4, -0.2) is 37.1 Å². The summed E-state index contributed by atoms with van der Waals surface area (Å²) in [5.41, 5.74) is 6.08. The second-order valence-corrected chi connectivity index (χ2v) is 7.81. The van der Waals surface area contributed by atoms with Crippen molar-refractivity contribution in [3.8, 4) is 11.5 Å². The van der Waals surface area contributed by atoms with Gasteiger partial charge in [-0.3, -0.25) is 14.4 Å². The lowest BCUT2D eigenvalue weighted by Gasteiger charge is -2.10. The summed E-state index contributed by atoms with van der Waals surface area (Å²) < 4.78 is 11.0. The van der Waals surface area contributed by atoms with Crippen LogP contribution in [-0.2, 0) is 14.4 Å². The molecule has 36 heavy (non-hydrogen) atoms. The Labute approximate surface area is 209 Å². The lowest BCUT2D eigenvalue weighted by molar-refractivity contribution is -0.136. The molecule has 0 saturated heterocycles. The summed E-state index contributed by atoms with van der Waals surface area (Å²) in [5.74, 6) is -1.10. The van der Waals surface area contributed by atoms with E-state index in [1.165, 1.54) is 6.21 Å². The van der Waals surface area contributed by atoms with E-state index in [2.05, 4.69) is 21.2 Å². The van der Waals surface area contributed by atoms with Crippen molar-refractivity contribution in [1.29, 1.82) is 0 Å². The van der Waals surface area contributed by atoms with Crippen molar-refractivity contribution in [2.24, 2.45) is 5.10 Å². The first-order chi connectivity index (χ1) is 17.4. The standard InChI is InChI=1S/C27H28N4O5/c1-4-35-24-8-6-5-7-23(24)30-26(33)27(34)31-28-16-20-10-12-21(13-11-20)36-17-25(32)29-22-14-9-18(2)15-19(22)3/h5-16H,4,17H2,1-3H3,(H,29,32)(H,30,33)(H,31,34)/b28-16-. The Morgan fingerprint density at radius 2 is 1.61 bits per heavy atom. The van der Waals surface area contributed by atoms with Gasteiger partial charge in [-0.1, -0.05) is 29.8 Å². The Hall–Kier alpha value is -4.66. The van der Waals surface area contributed by atoms with Crippen LogP contribution in [0.15, 0.2) is 71.8 Å². The average molecular weight is 489 g/mol. The molecule has 0 radical (unpaired) electrons. The molecule has 3 aromatic carbocycles. The van der Waals surface area contributed by atoms with Crippen LogP contribution in [0.5, 0.6) is 11.5 Å². The van der Waals surface area contributed by atoms with Crippen molar-refractivity contribution in [3.63, 3.8) is 0 Å². The van der Waals surface area contributed by atoms with Crippen LogP contribution in [0.1, 0.15) is 23.6 Å². The Morgan fingerprint density at radius 3 is 2.33 bits per heavy atom. The fourth-order valence-electron chi connectivity index (χ4n) is 3.19. The predicted octanol–water partition coefficient (Wildman–Crippen LogP) is 3.81. The van der Waals surface area contributed by atoms with Gasteiger partial charge in [0.05, 0.1) is 18.5 Å². The van der Waals surface area contributed by atoms with Crippen LogP contribution in [0, 0.1) is 13.8 Å². The number of amides is 3. The van der Waals surface area contributed by atoms with Crippen molar-refractivity contribution in [2.45, 2.75) is 20.8 Å². The molecule has 0 spiro atoms. The predicted molar refractivity (Wildman–Crippen MR) is 138 cm³/mol. The molecule has 0 unspecified atom stereocenters. The third-order valence-corrected chi connectivity index (χ3v) is 4.93. The molecule has 0 aliphatic carbocycles.